The minimum atomic E-state index is -0.242. The van der Waals surface area contributed by atoms with Crippen molar-refractivity contribution in [2.45, 2.75) is 26.3 Å². The van der Waals surface area contributed by atoms with Gasteiger partial charge in [-0.05, 0) is 40.9 Å². The van der Waals surface area contributed by atoms with Crippen LogP contribution in [0.3, 0.4) is 0 Å². The van der Waals surface area contributed by atoms with Gasteiger partial charge in [0.25, 0.3) is 0 Å². The van der Waals surface area contributed by atoms with Crippen molar-refractivity contribution in [1.29, 1.82) is 0 Å². The van der Waals surface area contributed by atoms with Crippen molar-refractivity contribution >= 4 is 29.3 Å². The molecule has 0 aliphatic rings. The fraction of sp³-hybridized carbons (Fsp3) is 0.200. The lowest BCUT2D eigenvalue weighted by atomic mass is 10.0. The average molecular weight is 338 g/mol. The highest BCUT2D eigenvalue weighted by molar-refractivity contribution is 7.80. The van der Waals surface area contributed by atoms with Gasteiger partial charge < -0.3 is 5.32 Å². The molecular formula is C20H22N2OS. The summed E-state index contributed by atoms with van der Waals surface area (Å²) < 4.78 is 0. The number of carbonyl (C=O) groups is 1. The lowest BCUT2D eigenvalue weighted by Crippen LogP contribution is -2.37. The molecule has 2 rings (SSSR count). The van der Waals surface area contributed by atoms with Crippen LogP contribution >= 0.6 is 12.2 Å². The van der Waals surface area contributed by atoms with Gasteiger partial charge in [-0.15, -0.1) is 0 Å². The molecule has 0 bridgehead atoms. The van der Waals surface area contributed by atoms with Gasteiger partial charge in [-0.2, -0.15) is 0 Å². The minimum Gasteiger partial charge on any atom is -0.358 e. The summed E-state index contributed by atoms with van der Waals surface area (Å²) in [5.41, 5.74) is 3.37. The summed E-state index contributed by atoms with van der Waals surface area (Å²) in [5.74, 6) is 0.257. The van der Waals surface area contributed by atoms with Crippen LogP contribution in [0.15, 0.2) is 60.7 Å². The van der Waals surface area contributed by atoms with E-state index in [0.29, 0.717) is 17.6 Å². The molecule has 0 radical (unpaired) electrons. The zero-order valence-corrected chi connectivity index (χ0v) is 14.8. The maximum atomic E-state index is 11.9. The Balaban J connectivity index is 1.80. The van der Waals surface area contributed by atoms with Gasteiger partial charge >= 0.3 is 0 Å². The highest BCUT2D eigenvalue weighted by Crippen LogP contribution is 2.15. The SMILES string of the molecule is CC(C)c1ccc(/C=C/C(=O)NC(=S)NCc2ccccc2)cc1. The second kappa shape index (κ2) is 8.99. The number of nitrogens with one attached hydrogen (secondary N) is 2. The Morgan fingerprint density at radius 2 is 1.75 bits per heavy atom. The summed E-state index contributed by atoms with van der Waals surface area (Å²) in [6.07, 6.45) is 3.26. The van der Waals surface area contributed by atoms with E-state index in [9.17, 15) is 4.79 Å². The first kappa shape index (κ1) is 17.9. The molecule has 0 aliphatic carbocycles. The minimum absolute atomic E-state index is 0.242. The van der Waals surface area contributed by atoms with Gasteiger partial charge in [0.1, 0.15) is 0 Å². The Labute approximate surface area is 148 Å². The number of hydrogen-bond acceptors (Lipinski definition) is 2. The highest BCUT2D eigenvalue weighted by Gasteiger charge is 2.01. The molecule has 3 nitrogen and oxygen atoms in total. The molecule has 0 unspecified atom stereocenters. The van der Waals surface area contributed by atoms with Crippen molar-refractivity contribution in [3.8, 4) is 0 Å². The molecule has 0 saturated heterocycles. The molecular weight excluding hydrogens is 316 g/mol. The van der Waals surface area contributed by atoms with Crippen molar-refractivity contribution in [3.05, 3.63) is 77.4 Å². The summed E-state index contributed by atoms with van der Waals surface area (Å²) in [6, 6.07) is 18.1. The fourth-order valence-electron chi connectivity index (χ4n) is 2.14. The van der Waals surface area contributed by atoms with Gasteiger partial charge in [0, 0.05) is 12.6 Å². The van der Waals surface area contributed by atoms with Crippen LogP contribution in [0.25, 0.3) is 6.08 Å². The van der Waals surface area contributed by atoms with Gasteiger partial charge in [0.15, 0.2) is 5.11 Å². The summed E-state index contributed by atoms with van der Waals surface area (Å²) in [6.45, 7) is 4.89. The van der Waals surface area contributed by atoms with Crippen LogP contribution < -0.4 is 10.6 Å². The number of rotatable bonds is 5. The maximum absolute atomic E-state index is 11.9. The van der Waals surface area contributed by atoms with E-state index in [1.54, 1.807) is 6.08 Å². The number of amides is 1. The van der Waals surface area contributed by atoms with Crippen molar-refractivity contribution in [2.75, 3.05) is 0 Å². The first-order chi connectivity index (χ1) is 11.5. The van der Waals surface area contributed by atoms with Gasteiger partial charge in [0.05, 0.1) is 0 Å². The molecule has 2 aromatic rings. The third kappa shape index (κ3) is 5.97. The molecule has 0 atom stereocenters. The van der Waals surface area contributed by atoms with E-state index in [1.807, 2.05) is 42.5 Å². The molecule has 2 N–H and O–H groups in total. The Hall–Kier alpha value is -2.46. The molecule has 0 aliphatic heterocycles. The zero-order chi connectivity index (χ0) is 17.4. The predicted octanol–water partition coefficient (Wildman–Crippen LogP) is 4.01. The van der Waals surface area contributed by atoms with E-state index >= 15 is 0 Å². The van der Waals surface area contributed by atoms with Crippen LogP contribution in [0.5, 0.6) is 0 Å². The second-order valence-corrected chi connectivity index (χ2v) is 6.22. The first-order valence-electron chi connectivity index (χ1n) is 7.95. The monoisotopic (exact) mass is 338 g/mol. The molecule has 0 saturated carbocycles. The quantitative estimate of drug-likeness (QED) is 0.639. The number of carbonyl (C=O) groups excluding carboxylic acids is 1. The topological polar surface area (TPSA) is 41.1 Å². The van der Waals surface area contributed by atoms with E-state index in [0.717, 1.165) is 11.1 Å². The lowest BCUT2D eigenvalue weighted by molar-refractivity contribution is -0.115. The molecule has 2 aromatic carbocycles. The van der Waals surface area contributed by atoms with Crippen LogP contribution in [-0.2, 0) is 11.3 Å². The molecule has 124 valence electrons. The number of hydrogen-bond donors (Lipinski definition) is 2. The summed E-state index contributed by atoms with van der Waals surface area (Å²) in [7, 11) is 0. The van der Waals surface area contributed by atoms with E-state index < -0.39 is 0 Å². The molecule has 0 heterocycles. The van der Waals surface area contributed by atoms with Crippen molar-refractivity contribution in [1.82, 2.24) is 10.6 Å². The first-order valence-corrected chi connectivity index (χ1v) is 8.36. The van der Waals surface area contributed by atoms with Crippen LogP contribution in [0, 0.1) is 0 Å². The zero-order valence-electron chi connectivity index (χ0n) is 14.0. The van der Waals surface area contributed by atoms with Gasteiger partial charge in [-0.25, -0.2) is 0 Å². The Morgan fingerprint density at radius 3 is 2.38 bits per heavy atom. The molecule has 0 spiro atoms. The maximum Gasteiger partial charge on any atom is 0.250 e. The molecule has 0 fully saturated rings. The van der Waals surface area contributed by atoms with E-state index in [1.165, 1.54) is 11.6 Å². The average Bonchev–Trinajstić information content (AvgIpc) is 2.59. The smallest absolute Gasteiger partial charge is 0.250 e. The van der Waals surface area contributed by atoms with Crippen LogP contribution in [0.2, 0.25) is 0 Å². The number of thiocarbonyl (C=S) groups is 1. The van der Waals surface area contributed by atoms with E-state index in [4.69, 9.17) is 12.2 Å². The predicted molar refractivity (Wildman–Crippen MR) is 104 cm³/mol. The Bertz CT molecular complexity index is 706. The van der Waals surface area contributed by atoms with E-state index in [-0.39, 0.29) is 5.91 Å². The van der Waals surface area contributed by atoms with E-state index in [2.05, 4.69) is 36.6 Å². The largest absolute Gasteiger partial charge is 0.358 e. The van der Waals surface area contributed by atoms with Crippen LogP contribution in [-0.4, -0.2) is 11.0 Å². The summed E-state index contributed by atoms with van der Waals surface area (Å²) in [5, 5.41) is 5.98. The second-order valence-electron chi connectivity index (χ2n) is 5.81. The standard InChI is InChI=1S/C20H22N2OS/c1-15(2)18-11-8-16(9-12-18)10-13-19(23)22-20(24)21-14-17-6-4-3-5-7-17/h3-13,15H,14H2,1-2H3,(H2,21,22,23,24)/b13-10+. The summed E-state index contributed by atoms with van der Waals surface area (Å²) >= 11 is 5.13. The normalized spacial score (nSPS) is 10.8. The van der Waals surface area contributed by atoms with Gasteiger partial charge in [-0.3, -0.25) is 10.1 Å². The molecule has 4 heteroatoms. The lowest BCUT2D eigenvalue weighted by Gasteiger charge is -2.08. The molecule has 24 heavy (non-hydrogen) atoms. The van der Waals surface area contributed by atoms with Crippen molar-refractivity contribution < 1.29 is 4.79 Å². The van der Waals surface area contributed by atoms with Crippen LogP contribution in [0.1, 0.15) is 36.5 Å². The van der Waals surface area contributed by atoms with Crippen LogP contribution in [0.4, 0.5) is 0 Å². The van der Waals surface area contributed by atoms with Crippen molar-refractivity contribution in [3.63, 3.8) is 0 Å². The van der Waals surface area contributed by atoms with Gasteiger partial charge in [0.2, 0.25) is 5.91 Å². The fourth-order valence-corrected chi connectivity index (χ4v) is 2.31. The third-order valence-electron chi connectivity index (χ3n) is 3.56. The Morgan fingerprint density at radius 1 is 1.08 bits per heavy atom. The Kier molecular flexibility index (Phi) is 6.70. The third-order valence-corrected chi connectivity index (χ3v) is 3.81. The van der Waals surface area contributed by atoms with Gasteiger partial charge in [-0.1, -0.05) is 68.4 Å². The highest BCUT2D eigenvalue weighted by atomic mass is 32.1. The van der Waals surface area contributed by atoms with Crippen molar-refractivity contribution in [2.24, 2.45) is 0 Å². The summed E-state index contributed by atoms with van der Waals surface area (Å²) in [4.78, 5) is 11.9. The molecule has 0 aromatic heterocycles. The molecule has 1 amide bonds. The number of benzene rings is 2.